The second-order valence-electron chi connectivity index (χ2n) is 7.14. The smallest absolute Gasteiger partial charge is 0.352 e. The fraction of sp³-hybridized carbons (Fsp3) is 0.333. The summed E-state index contributed by atoms with van der Waals surface area (Å²) in [4.78, 5) is 27.1. The number of benzene rings is 2. The number of carboxylic acid groups (broad SMARTS) is 1. The minimum atomic E-state index is -1.000. The minimum Gasteiger partial charge on any atom is -0.477 e. The molecule has 0 saturated carbocycles. The zero-order chi connectivity index (χ0) is 21.0. The maximum atomic E-state index is 13.3. The van der Waals surface area contributed by atoms with Gasteiger partial charge >= 0.3 is 5.97 Å². The molecule has 0 saturated heterocycles. The summed E-state index contributed by atoms with van der Waals surface area (Å²) in [6.07, 6.45) is 1.83. The number of aromatic carboxylic acids is 1. The quantitative estimate of drug-likeness (QED) is 0.593. The zero-order valence-corrected chi connectivity index (χ0v) is 17.3. The van der Waals surface area contributed by atoms with E-state index in [0.717, 1.165) is 29.4 Å². The third-order valence-electron chi connectivity index (χ3n) is 5.33. The molecule has 0 aliphatic rings. The van der Waals surface area contributed by atoms with Crippen molar-refractivity contribution in [2.45, 2.75) is 46.6 Å². The molecule has 1 N–H and O–H groups in total. The number of anilines is 1. The highest BCUT2D eigenvalue weighted by Crippen LogP contribution is 2.28. The van der Waals surface area contributed by atoms with Crippen LogP contribution in [0.25, 0.3) is 10.9 Å². The van der Waals surface area contributed by atoms with Gasteiger partial charge in [-0.25, -0.2) is 4.79 Å². The molecule has 152 valence electrons. The average Bonchev–Trinajstić information content (AvgIpc) is 3.05. The van der Waals surface area contributed by atoms with Crippen molar-refractivity contribution in [2.75, 3.05) is 11.4 Å². The Bertz CT molecular complexity index is 1020. The van der Waals surface area contributed by atoms with Crippen LogP contribution in [-0.2, 0) is 24.2 Å². The van der Waals surface area contributed by atoms with Crippen LogP contribution in [0.15, 0.2) is 48.5 Å². The lowest BCUT2D eigenvalue weighted by Gasteiger charge is -2.23. The number of hydrogen-bond donors (Lipinski definition) is 1. The van der Waals surface area contributed by atoms with Crippen LogP contribution < -0.4 is 4.90 Å². The van der Waals surface area contributed by atoms with Crippen molar-refractivity contribution in [3.8, 4) is 0 Å². The van der Waals surface area contributed by atoms with Gasteiger partial charge in [0.25, 0.3) is 0 Å². The summed E-state index contributed by atoms with van der Waals surface area (Å²) >= 11 is 0. The van der Waals surface area contributed by atoms with Crippen LogP contribution in [-0.4, -0.2) is 28.1 Å². The largest absolute Gasteiger partial charge is 0.477 e. The molecule has 0 radical (unpaired) electrons. The molecule has 1 aromatic heterocycles. The van der Waals surface area contributed by atoms with E-state index in [1.54, 1.807) is 9.47 Å². The van der Waals surface area contributed by atoms with Crippen LogP contribution in [0, 0.1) is 0 Å². The van der Waals surface area contributed by atoms with E-state index in [2.05, 4.69) is 6.92 Å². The first-order chi connectivity index (χ1) is 14.0. The summed E-state index contributed by atoms with van der Waals surface area (Å²) in [5, 5.41) is 10.7. The Morgan fingerprint density at radius 3 is 2.28 bits per heavy atom. The molecular weight excluding hydrogens is 364 g/mol. The number of amides is 1. The monoisotopic (exact) mass is 392 g/mol. The topological polar surface area (TPSA) is 62.5 Å². The lowest BCUT2D eigenvalue weighted by Crippen LogP contribution is -2.33. The molecule has 0 atom stereocenters. The highest BCUT2D eigenvalue weighted by Gasteiger charge is 2.25. The van der Waals surface area contributed by atoms with E-state index < -0.39 is 5.97 Å². The Balaban J connectivity index is 2.02. The van der Waals surface area contributed by atoms with Crippen LogP contribution in [0.3, 0.4) is 0 Å². The lowest BCUT2D eigenvalue weighted by atomic mass is 10.1. The maximum absolute atomic E-state index is 13.3. The van der Waals surface area contributed by atoms with Crippen LogP contribution >= 0.6 is 0 Å². The van der Waals surface area contributed by atoms with Crippen molar-refractivity contribution in [1.82, 2.24) is 4.57 Å². The molecule has 5 heteroatoms. The van der Waals surface area contributed by atoms with Gasteiger partial charge in [-0.15, -0.1) is 0 Å². The second-order valence-corrected chi connectivity index (χ2v) is 7.14. The Kier molecular flexibility index (Phi) is 6.37. The van der Waals surface area contributed by atoms with Gasteiger partial charge in [0.1, 0.15) is 5.69 Å². The molecule has 0 bridgehead atoms. The second kappa shape index (κ2) is 8.95. The Morgan fingerprint density at radius 2 is 1.69 bits per heavy atom. The normalized spacial score (nSPS) is 11.0. The van der Waals surface area contributed by atoms with Gasteiger partial charge < -0.3 is 14.6 Å². The fourth-order valence-electron chi connectivity index (χ4n) is 3.91. The van der Waals surface area contributed by atoms with E-state index in [4.69, 9.17) is 0 Å². The molecule has 1 heterocycles. The third-order valence-corrected chi connectivity index (χ3v) is 5.33. The molecule has 3 aromatic rings. The minimum absolute atomic E-state index is 0.0602. The molecule has 0 aliphatic carbocycles. The van der Waals surface area contributed by atoms with Gasteiger partial charge in [-0.3, -0.25) is 4.79 Å². The highest BCUT2D eigenvalue weighted by molar-refractivity contribution is 6.03. The highest BCUT2D eigenvalue weighted by atomic mass is 16.4. The van der Waals surface area contributed by atoms with Crippen molar-refractivity contribution in [1.29, 1.82) is 0 Å². The molecular formula is C24H28N2O3. The number of rotatable bonds is 8. The Hall–Kier alpha value is -3.08. The average molecular weight is 392 g/mol. The molecule has 5 nitrogen and oxygen atoms in total. The number of para-hydroxylation sites is 1. The summed E-state index contributed by atoms with van der Waals surface area (Å²) in [5.74, 6) is -1.09. The van der Waals surface area contributed by atoms with Gasteiger partial charge in [0.2, 0.25) is 5.91 Å². The van der Waals surface area contributed by atoms with E-state index in [1.807, 2.05) is 62.4 Å². The van der Waals surface area contributed by atoms with Crippen LogP contribution in [0.5, 0.6) is 0 Å². The van der Waals surface area contributed by atoms with Gasteiger partial charge in [-0.1, -0.05) is 44.2 Å². The Morgan fingerprint density at radius 1 is 1.00 bits per heavy atom. The number of hydrogen-bond acceptors (Lipinski definition) is 2. The van der Waals surface area contributed by atoms with Gasteiger partial charge in [0.05, 0.1) is 6.42 Å². The summed E-state index contributed by atoms with van der Waals surface area (Å²) in [7, 11) is 0. The summed E-state index contributed by atoms with van der Waals surface area (Å²) in [5.41, 5.74) is 3.72. The molecule has 0 spiro atoms. The predicted molar refractivity (Wildman–Crippen MR) is 117 cm³/mol. The molecule has 1 amide bonds. The SMILES string of the molecule is CCCN(C(=O)Cc1c(C(=O)O)n(CC)c2ccccc12)c1ccc(CC)cc1. The summed E-state index contributed by atoms with van der Waals surface area (Å²) in [6, 6.07) is 15.6. The van der Waals surface area contributed by atoms with E-state index in [0.29, 0.717) is 18.7 Å². The summed E-state index contributed by atoms with van der Waals surface area (Å²) in [6.45, 7) is 7.18. The number of aryl methyl sites for hydroxylation is 2. The van der Waals surface area contributed by atoms with Gasteiger partial charge in [0.15, 0.2) is 0 Å². The van der Waals surface area contributed by atoms with E-state index in [-0.39, 0.29) is 18.0 Å². The lowest BCUT2D eigenvalue weighted by molar-refractivity contribution is -0.118. The molecule has 29 heavy (non-hydrogen) atoms. The van der Waals surface area contributed by atoms with E-state index >= 15 is 0 Å². The predicted octanol–water partition coefficient (Wildman–Crippen LogP) is 4.91. The number of fused-ring (bicyclic) bond motifs is 1. The number of carbonyl (C=O) groups excluding carboxylic acids is 1. The van der Waals surface area contributed by atoms with E-state index in [9.17, 15) is 14.7 Å². The fourth-order valence-corrected chi connectivity index (χ4v) is 3.91. The standard InChI is InChI=1S/C24H28N2O3/c1-4-15-26(18-13-11-17(5-2)12-14-18)22(27)16-20-19-9-7-8-10-21(19)25(6-3)23(20)24(28)29/h7-14H,4-6,15-16H2,1-3H3,(H,28,29). The number of nitrogens with zero attached hydrogens (tertiary/aromatic N) is 2. The first kappa shape index (κ1) is 20.6. The molecule has 3 rings (SSSR count). The first-order valence-corrected chi connectivity index (χ1v) is 10.2. The number of aromatic nitrogens is 1. The van der Waals surface area contributed by atoms with Crippen molar-refractivity contribution in [3.05, 3.63) is 65.4 Å². The van der Waals surface area contributed by atoms with Crippen molar-refractivity contribution >= 4 is 28.5 Å². The molecule has 0 unspecified atom stereocenters. The van der Waals surface area contributed by atoms with Crippen molar-refractivity contribution < 1.29 is 14.7 Å². The van der Waals surface area contributed by atoms with Crippen LogP contribution in [0.2, 0.25) is 0 Å². The van der Waals surface area contributed by atoms with E-state index in [1.165, 1.54) is 5.56 Å². The third kappa shape index (κ3) is 4.04. The number of carboxylic acids is 1. The van der Waals surface area contributed by atoms with Gasteiger partial charge in [-0.2, -0.15) is 0 Å². The number of carbonyl (C=O) groups is 2. The maximum Gasteiger partial charge on any atom is 0.352 e. The molecule has 2 aromatic carbocycles. The summed E-state index contributed by atoms with van der Waals surface area (Å²) < 4.78 is 1.78. The zero-order valence-electron chi connectivity index (χ0n) is 17.3. The first-order valence-electron chi connectivity index (χ1n) is 10.2. The van der Waals surface area contributed by atoms with Crippen molar-refractivity contribution in [2.24, 2.45) is 0 Å². The van der Waals surface area contributed by atoms with Crippen molar-refractivity contribution in [3.63, 3.8) is 0 Å². The van der Waals surface area contributed by atoms with Gasteiger partial charge in [-0.05, 0) is 43.5 Å². The Labute approximate surface area is 171 Å². The van der Waals surface area contributed by atoms with Crippen LogP contribution in [0.4, 0.5) is 5.69 Å². The molecule has 0 aliphatic heterocycles. The van der Waals surface area contributed by atoms with Crippen LogP contribution in [0.1, 0.15) is 48.8 Å². The van der Waals surface area contributed by atoms with Gasteiger partial charge in [0, 0.05) is 35.2 Å². The molecule has 0 fully saturated rings.